The molecule has 2 aliphatic rings. The Morgan fingerprint density at radius 3 is 2.19 bits per heavy atom. The molecule has 0 unspecified atom stereocenters. The maximum Gasteiger partial charge on any atom is 0.314 e. The lowest BCUT2D eigenvalue weighted by Crippen LogP contribution is -2.52. The molecule has 9 nitrogen and oxygen atoms in total. The summed E-state index contributed by atoms with van der Waals surface area (Å²) in [6.07, 6.45) is 3.89. The smallest absolute Gasteiger partial charge is 0.314 e. The van der Waals surface area contributed by atoms with Gasteiger partial charge in [-0.05, 0) is 50.9 Å². The van der Waals surface area contributed by atoms with Gasteiger partial charge in [0.05, 0.1) is 30.4 Å². The maximum atomic E-state index is 11.7. The van der Waals surface area contributed by atoms with Gasteiger partial charge in [0.25, 0.3) is 0 Å². The van der Waals surface area contributed by atoms with Crippen LogP contribution in [0.3, 0.4) is 0 Å². The molecule has 0 amide bonds. The van der Waals surface area contributed by atoms with Crippen LogP contribution in [-0.2, 0) is 4.43 Å². The van der Waals surface area contributed by atoms with Crippen molar-refractivity contribution in [2.24, 2.45) is 0 Å². The molecule has 0 aromatic heterocycles. The van der Waals surface area contributed by atoms with Crippen molar-refractivity contribution in [1.29, 1.82) is 0 Å². The summed E-state index contributed by atoms with van der Waals surface area (Å²) in [6.45, 7) is 18.8. The normalized spacial score (nSPS) is 18.7. The third-order valence-electron chi connectivity index (χ3n) is 8.38. The van der Waals surface area contributed by atoms with Crippen molar-refractivity contribution >= 4 is 19.7 Å². The number of nitro groups is 1. The Morgan fingerprint density at radius 1 is 1.00 bits per heavy atom. The number of unbranched alkanes of at least 4 members (excludes halogenated alkanes) is 1. The van der Waals surface area contributed by atoms with Gasteiger partial charge in [-0.15, -0.1) is 0 Å². The van der Waals surface area contributed by atoms with Crippen molar-refractivity contribution in [2.45, 2.75) is 70.6 Å². The van der Waals surface area contributed by atoms with Crippen molar-refractivity contribution in [3.63, 3.8) is 0 Å². The van der Waals surface area contributed by atoms with Crippen LogP contribution < -0.4 is 14.4 Å². The summed E-state index contributed by atoms with van der Waals surface area (Å²) in [5.74, 6) is 0.840. The predicted molar refractivity (Wildman–Crippen MR) is 152 cm³/mol. The van der Waals surface area contributed by atoms with Crippen LogP contribution in [0.4, 0.5) is 11.4 Å². The molecular weight excluding hydrogens is 488 g/mol. The van der Waals surface area contributed by atoms with E-state index < -0.39 is 13.2 Å². The number of methoxy groups -OCH3 is 1. The minimum Gasteiger partial charge on any atom is -0.491 e. The van der Waals surface area contributed by atoms with Crippen LogP contribution in [0.25, 0.3) is 0 Å². The van der Waals surface area contributed by atoms with E-state index >= 15 is 0 Å². The van der Waals surface area contributed by atoms with E-state index in [0.29, 0.717) is 18.4 Å². The van der Waals surface area contributed by atoms with Crippen LogP contribution in [0.2, 0.25) is 18.1 Å². The highest BCUT2D eigenvalue weighted by atomic mass is 28.4. The molecule has 0 atom stereocenters. The molecule has 0 spiro atoms. The van der Waals surface area contributed by atoms with Gasteiger partial charge < -0.3 is 23.7 Å². The highest BCUT2D eigenvalue weighted by molar-refractivity contribution is 6.74. The fourth-order valence-electron chi connectivity index (χ4n) is 4.80. The van der Waals surface area contributed by atoms with E-state index in [2.05, 4.69) is 55.6 Å². The maximum absolute atomic E-state index is 11.7. The lowest BCUT2D eigenvalue weighted by molar-refractivity contribution is -0.385. The molecule has 0 saturated carbocycles. The number of hydrogen-bond acceptors (Lipinski definition) is 8. The number of likely N-dealkylation sites (N-methyl/N-ethyl adjacent to an activating group) is 1. The van der Waals surface area contributed by atoms with Gasteiger partial charge in [0, 0.05) is 58.0 Å². The Bertz CT molecular complexity index is 892. The van der Waals surface area contributed by atoms with Crippen LogP contribution >= 0.6 is 0 Å². The number of benzene rings is 1. The third-order valence-corrected chi connectivity index (χ3v) is 12.9. The number of rotatable bonds is 11. The molecule has 0 aliphatic carbocycles. The summed E-state index contributed by atoms with van der Waals surface area (Å²) in [6, 6.07) is 3.91. The van der Waals surface area contributed by atoms with Crippen molar-refractivity contribution in [3.8, 4) is 11.5 Å². The summed E-state index contributed by atoms with van der Waals surface area (Å²) in [5.41, 5.74) is 0.826. The zero-order valence-electron chi connectivity index (χ0n) is 24.0. The van der Waals surface area contributed by atoms with Gasteiger partial charge in [0.15, 0.2) is 14.1 Å². The molecule has 1 aromatic rings. The minimum atomic E-state index is -1.76. The zero-order valence-corrected chi connectivity index (χ0v) is 25.0. The highest BCUT2D eigenvalue weighted by Gasteiger charge is 2.36. The van der Waals surface area contributed by atoms with E-state index in [-0.39, 0.29) is 16.5 Å². The summed E-state index contributed by atoms with van der Waals surface area (Å²) >= 11 is 0. The molecular formula is C27H48N4O5Si. The lowest BCUT2D eigenvalue weighted by atomic mass is 10.0. The molecule has 10 heteroatoms. The molecule has 3 rings (SSSR count). The van der Waals surface area contributed by atoms with Gasteiger partial charge in [-0.2, -0.15) is 0 Å². The van der Waals surface area contributed by atoms with E-state index in [1.807, 2.05) is 0 Å². The Morgan fingerprint density at radius 2 is 1.62 bits per heavy atom. The molecule has 210 valence electrons. The highest BCUT2D eigenvalue weighted by Crippen LogP contribution is 2.41. The number of hydrogen-bond donors (Lipinski definition) is 0. The molecule has 2 aliphatic heterocycles. The van der Waals surface area contributed by atoms with Crippen LogP contribution in [-0.4, -0.2) is 95.7 Å². The van der Waals surface area contributed by atoms with Gasteiger partial charge in [-0.1, -0.05) is 20.8 Å². The quantitative estimate of drug-likeness (QED) is 0.169. The van der Waals surface area contributed by atoms with Gasteiger partial charge in [0.1, 0.15) is 5.75 Å². The molecule has 37 heavy (non-hydrogen) atoms. The second-order valence-corrected chi connectivity index (χ2v) is 16.8. The average Bonchev–Trinajstić information content (AvgIpc) is 2.85. The van der Waals surface area contributed by atoms with Crippen molar-refractivity contribution in [1.82, 2.24) is 9.80 Å². The topological polar surface area (TPSA) is 80.5 Å². The number of nitro benzene ring substituents is 1. The lowest BCUT2D eigenvalue weighted by Gasteiger charge is -2.42. The second-order valence-electron chi connectivity index (χ2n) is 12.0. The minimum absolute atomic E-state index is 0.0603. The molecule has 0 N–H and O–H groups in total. The number of piperidine rings is 1. The van der Waals surface area contributed by atoms with Crippen molar-refractivity contribution in [3.05, 3.63) is 22.2 Å². The Labute approximate surface area is 224 Å². The average molecular weight is 537 g/mol. The summed E-state index contributed by atoms with van der Waals surface area (Å²) < 4.78 is 17.8. The molecule has 0 radical (unpaired) electrons. The molecule has 2 heterocycles. The van der Waals surface area contributed by atoms with Crippen LogP contribution in [0.1, 0.15) is 46.5 Å². The van der Waals surface area contributed by atoms with Gasteiger partial charge in [0.2, 0.25) is 0 Å². The summed E-state index contributed by atoms with van der Waals surface area (Å²) in [7, 11) is 1.91. The number of ether oxygens (including phenoxy) is 2. The van der Waals surface area contributed by atoms with E-state index in [1.165, 1.54) is 13.2 Å². The molecule has 2 fully saturated rings. The first-order valence-corrected chi connectivity index (χ1v) is 16.6. The Hall–Kier alpha value is -1.88. The van der Waals surface area contributed by atoms with Crippen molar-refractivity contribution in [2.75, 3.05) is 71.5 Å². The van der Waals surface area contributed by atoms with Crippen molar-refractivity contribution < 1.29 is 18.8 Å². The number of piperazine rings is 1. The molecule has 1 aromatic carbocycles. The van der Waals surface area contributed by atoms with Gasteiger partial charge >= 0.3 is 5.69 Å². The number of nitrogens with zero attached hydrogens (tertiary/aromatic N) is 4. The van der Waals surface area contributed by atoms with Gasteiger partial charge in [-0.3, -0.25) is 15.0 Å². The van der Waals surface area contributed by atoms with E-state index in [9.17, 15) is 10.1 Å². The Balaban J connectivity index is 1.62. The number of anilines is 1. The monoisotopic (exact) mass is 536 g/mol. The fraction of sp³-hybridized carbons (Fsp3) is 0.778. The Kier molecular flexibility index (Phi) is 10.2. The molecule has 2 saturated heterocycles. The first-order valence-electron chi connectivity index (χ1n) is 13.7. The third kappa shape index (κ3) is 7.81. The van der Waals surface area contributed by atoms with Crippen LogP contribution in [0, 0.1) is 10.1 Å². The SMILES string of the molecule is COc1cc(N2CCC(N3CCN(C)CC3)CC2)c(OCCCCO[Si](C)(C)C(C)(C)C)cc1[N+](=O)[O-]. The fourth-order valence-corrected chi connectivity index (χ4v) is 5.88. The standard InChI is InChI=1S/C27H48N4O5Si/c1-27(2,3)37(6,7)36-19-9-8-18-35-26-21-24(31(32)33)25(34-5)20-23(26)30-12-10-22(11-13-30)29-16-14-28(4)15-17-29/h20-22H,8-19H2,1-7H3. The zero-order chi connectivity index (χ0) is 27.2. The summed E-state index contributed by atoms with van der Waals surface area (Å²) in [4.78, 5) is 18.6. The first-order chi connectivity index (χ1) is 17.4. The second kappa shape index (κ2) is 12.8. The van der Waals surface area contributed by atoms with E-state index in [0.717, 1.165) is 77.2 Å². The summed E-state index contributed by atoms with van der Waals surface area (Å²) in [5, 5.41) is 11.9. The van der Waals surface area contributed by atoms with Crippen LogP contribution in [0.15, 0.2) is 12.1 Å². The van der Waals surface area contributed by atoms with Crippen LogP contribution in [0.5, 0.6) is 11.5 Å². The largest absolute Gasteiger partial charge is 0.491 e. The van der Waals surface area contributed by atoms with Gasteiger partial charge in [-0.25, -0.2) is 0 Å². The first kappa shape index (κ1) is 29.7. The molecule has 0 bridgehead atoms. The predicted octanol–water partition coefficient (Wildman–Crippen LogP) is 5.00. The van der Waals surface area contributed by atoms with E-state index in [4.69, 9.17) is 13.9 Å². The van der Waals surface area contributed by atoms with E-state index in [1.54, 1.807) is 6.07 Å².